The minimum Gasteiger partial charge on any atom is -0.497 e. The Hall–Kier alpha value is -3.12. The van der Waals surface area contributed by atoms with Crippen LogP contribution < -0.4 is 15.0 Å². The van der Waals surface area contributed by atoms with Crippen LogP contribution in [0.1, 0.15) is 17.5 Å². The number of β-lactam (4-membered cyclic amide) rings is 1. The zero-order valence-corrected chi connectivity index (χ0v) is 18.3. The van der Waals surface area contributed by atoms with E-state index in [2.05, 4.69) is 21.2 Å². The second-order valence-electron chi connectivity index (χ2n) is 7.24. The molecule has 0 unspecified atom stereocenters. The largest absolute Gasteiger partial charge is 0.497 e. The van der Waals surface area contributed by atoms with Crippen molar-refractivity contribution in [2.75, 3.05) is 17.3 Å². The molecule has 1 N–H and O–H groups in total. The molecule has 0 aliphatic carbocycles. The van der Waals surface area contributed by atoms with Gasteiger partial charge in [-0.2, -0.15) is 0 Å². The zero-order valence-electron chi connectivity index (χ0n) is 16.7. The molecule has 0 bridgehead atoms. The van der Waals surface area contributed by atoms with Gasteiger partial charge >= 0.3 is 0 Å². The van der Waals surface area contributed by atoms with Crippen LogP contribution >= 0.6 is 15.9 Å². The third kappa shape index (κ3) is 3.37. The molecule has 1 fully saturated rings. The number of benzene rings is 3. The highest BCUT2D eigenvalue weighted by Crippen LogP contribution is 2.46. The SMILES string of the molecule is COc1ccc([C@@]2(C(=O)Nc3ccccc3C)CC(=O)N2c2ccc(Br)cc2)cc1. The number of hydrogen-bond acceptors (Lipinski definition) is 3. The average molecular weight is 465 g/mol. The molecule has 0 radical (unpaired) electrons. The number of anilines is 2. The Morgan fingerprint density at radius 3 is 2.30 bits per heavy atom. The van der Waals surface area contributed by atoms with Gasteiger partial charge in [0.05, 0.1) is 13.5 Å². The van der Waals surface area contributed by atoms with Crippen molar-refractivity contribution >= 4 is 39.1 Å². The number of halogens is 1. The van der Waals surface area contributed by atoms with Crippen molar-refractivity contribution < 1.29 is 14.3 Å². The highest BCUT2D eigenvalue weighted by molar-refractivity contribution is 9.10. The molecule has 30 heavy (non-hydrogen) atoms. The predicted molar refractivity (Wildman–Crippen MR) is 121 cm³/mol. The Labute approximate surface area is 183 Å². The number of carbonyl (C=O) groups is 2. The predicted octanol–water partition coefficient (Wildman–Crippen LogP) is 5.04. The van der Waals surface area contributed by atoms with Crippen molar-refractivity contribution in [2.24, 2.45) is 0 Å². The summed E-state index contributed by atoms with van der Waals surface area (Å²) in [5, 5.41) is 3.04. The molecule has 4 rings (SSSR count). The number of nitrogens with zero attached hydrogens (tertiary/aromatic N) is 1. The maximum absolute atomic E-state index is 13.7. The van der Waals surface area contributed by atoms with Crippen molar-refractivity contribution in [3.8, 4) is 5.75 Å². The van der Waals surface area contributed by atoms with E-state index in [0.29, 0.717) is 11.4 Å². The Balaban J connectivity index is 1.80. The van der Waals surface area contributed by atoms with Gasteiger partial charge in [-0.15, -0.1) is 0 Å². The first kappa shape index (κ1) is 20.2. The number of aryl methyl sites for hydroxylation is 1. The molecular formula is C24H21BrN2O3. The first-order valence-electron chi connectivity index (χ1n) is 9.56. The van der Waals surface area contributed by atoms with Crippen LogP contribution in [0, 0.1) is 6.92 Å². The van der Waals surface area contributed by atoms with Crippen LogP contribution in [0.2, 0.25) is 0 Å². The number of amides is 2. The molecular weight excluding hydrogens is 444 g/mol. The number of ether oxygens (including phenoxy) is 1. The maximum Gasteiger partial charge on any atom is 0.255 e. The molecule has 0 aromatic heterocycles. The number of hydrogen-bond donors (Lipinski definition) is 1. The molecule has 1 saturated heterocycles. The lowest BCUT2D eigenvalue weighted by molar-refractivity contribution is -0.137. The molecule has 3 aromatic rings. The van der Waals surface area contributed by atoms with Gasteiger partial charge in [0.2, 0.25) is 5.91 Å². The summed E-state index contributed by atoms with van der Waals surface area (Å²) in [4.78, 5) is 28.0. The second kappa shape index (κ2) is 7.95. The van der Waals surface area contributed by atoms with Crippen LogP contribution in [0.4, 0.5) is 11.4 Å². The van der Waals surface area contributed by atoms with E-state index >= 15 is 0 Å². The van der Waals surface area contributed by atoms with Crippen LogP contribution in [0.25, 0.3) is 0 Å². The highest BCUT2D eigenvalue weighted by atomic mass is 79.9. The molecule has 6 heteroatoms. The summed E-state index contributed by atoms with van der Waals surface area (Å²) < 4.78 is 6.17. The van der Waals surface area contributed by atoms with Gasteiger partial charge in [-0.1, -0.05) is 46.3 Å². The van der Waals surface area contributed by atoms with Crippen LogP contribution in [0.5, 0.6) is 5.75 Å². The molecule has 2 amide bonds. The van der Waals surface area contributed by atoms with Gasteiger partial charge in [-0.05, 0) is 60.5 Å². The Morgan fingerprint density at radius 2 is 1.70 bits per heavy atom. The van der Waals surface area contributed by atoms with Gasteiger partial charge in [0.25, 0.3) is 5.91 Å². The number of carbonyl (C=O) groups excluding carboxylic acids is 2. The van der Waals surface area contributed by atoms with Crippen molar-refractivity contribution in [2.45, 2.75) is 18.9 Å². The third-order valence-corrected chi connectivity index (χ3v) is 5.99. The van der Waals surface area contributed by atoms with Gasteiger partial charge in [0, 0.05) is 15.8 Å². The Bertz CT molecular complexity index is 1100. The molecule has 1 heterocycles. The van der Waals surface area contributed by atoms with Crippen molar-refractivity contribution in [3.63, 3.8) is 0 Å². The lowest BCUT2D eigenvalue weighted by Crippen LogP contribution is -2.67. The summed E-state index contributed by atoms with van der Waals surface area (Å²) in [5.74, 6) is 0.339. The van der Waals surface area contributed by atoms with Gasteiger partial charge < -0.3 is 10.1 Å². The fourth-order valence-corrected chi connectivity index (χ4v) is 4.07. The monoisotopic (exact) mass is 464 g/mol. The van der Waals surface area contributed by atoms with Crippen LogP contribution in [-0.4, -0.2) is 18.9 Å². The third-order valence-electron chi connectivity index (χ3n) is 5.46. The summed E-state index contributed by atoms with van der Waals surface area (Å²) in [7, 11) is 1.59. The van der Waals surface area contributed by atoms with Crippen LogP contribution in [0.3, 0.4) is 0 Å². The number of methoxy groups -OCH3 is 1. The van der Waals surface area contributed by atoms with Crippen molar-refractivity contribution in [1.29, 1.82) is 0 Å². The average Bonchev–Trinajstić information content (AvgIpc) is 2.75. The summed E-state index contributed by atoms with van der Waals surface area (Å²) >= 11 is 3.42. The van der Waals surface area contributed by atoms with E-state index in [0.717, 1.165) is 21.3 Å². The molecule has 0 spiro atoms. The fraction of sp³-hybridized carbons (Fsp3) is 0.167. The first-order chi connectivity index (χ1) is 14.5. The standard InChI is InChI=1S/C24H21BrN2O3/c1-16-5-3-4-6-21(16)26-23(29)24(17-7-13-20(30-2)14-8-17)15-22(28)27(24)19-11-9-18(25)10-12-19/h3-14H,15H2,1-2H3,(H,26,29)/t24-/m1/s1. The topological polar surface area (TPSA) is 58.6 Å². The second-order valence-corrected chi connectivity index (χ2v) is 8.16. The molecule has 5 nitrogen and oxygen atoms in total. The quantitative estimate of drug-likeness (QED) is 0.538. The zero-order chi connectivity index (χ0) is 21.3. The van der Waals surface area contributed by atoms with Crippen LogP contribution in [0.15, 0.2) is 77.3 Å². The highest BCUT2D eigenvalue weighted by Gasteiger charge is 2.58. The maximum atomic E-state index is 13.7. The van der Waals surface area contributed by atoms with Gasteiger partial charge in [0.15, 0.2) is 5.54 Å². The summed E-state index contributed by atoms with van der Waals surface area (Å²) in [6.07, 6.45) is 0.0904. The van der Waals surface area contributed by atoms with Gasteiger partial charge in [0.1, 0.15) is 5.75 Å². The summed E-state index contributed by atoms with van der Waals surface area (Å²) in [6, 6.07) is 22.3. The first-order valence-corrected chi connectivity index (χ1v) is 10.4. The lowest BCUT2D eigenvalue weighted by atomic mass is 9.76. The van der Waals surface area contributed by atoms with Gasteiger partial charge in [-0.3, -0.25) is 14.5 Å². The van der Waals surface area contributed by atoms with Crippen molar-refractivity contribution in [3.05, 3.63) is 88.4 Å². The minimum absolute atomic E-state index is 0.0904. The van der Waals surface area contributed by atoms with Crippen molar-refractivity contribution in [1.82, 2.24) is 0 Å². The molecule has 152 valence electrons. The smallest absolute Gasteiger partial charge is 0.255 e. The molecule has 1 aliphatic rings. The molecule has 3 aromatic carbocycles. The number of nitrogens with one attached hydrogen (secondary N) is 1. The van der Waals surface area contributed by atoms with E-state index in [9.17, 15) is 9.59 Å². The van der Waals surface area contributed by atoms with E-state index < -0.39 is 5.54 Å². The van der Waals surface area contributed by atoms with E-state index in [1.165, 1.54) is 0 Å². The lowest BCUT2D eigenvalue weighted by Gasteiger charge is -2.50. The van der Waals surface area contributed by atoms with E-state index in [1.54, 1.807) is 24.1 Å². The fourth-order valence-electron chi connectivity index (χ4n) is 3.80. The minimum atomic E-state index is -1.14. The summed E-state index contributed by atoms with van der Waals surface area (Å²) in [5.41, 5.74) is 1.95. The van der Waals surface area contributed by atoms with Crippen LogP contribution in [-0.2, 0) is 15.1 Å². The number of para-hydroxylation sites is 1. The van der Waals surface area contributed by atoms with E-state index in [1.807, 2.05) is 67.6 Å². The molecule has 1 aliphatic heterocycles. The normalized spacial score (nSPS) is 18.0. The summed E-state index contributed by atoms with van der Waals surface area (Å²) in [6.45, 7) is 1.94. The Morgan fingerprint density at radius 1 is 1.03 bits per heavy atom. The molecule has 1 atom stereocenters. The van der Waals surface area contributed by atoms with E-state index in [-0.39, 0.29) is 18.2 Å². The van der Waals surface area contributed by atoms with Gasteiger partial charge in [-0.25, -0.2) is 0 Å². The number of rotatable bonds is 5. The Kier molecular flexibility index (Phi) is 5.35. The van der Waals surface area contributed by atoms with E-state index in [4.69, 9.17) is 4.74 Å². The molecule has 0 saturated carbocycles.